The molecule has 0 bridgehead atoms. The van der Waals surface area contributed by atoms with E-state index in [2.05, 4.69) is 11.6 Å². The quantitative estimate of drug-likeness (QED) is 0.528. The van der Waals surface area contributed by atoms with E-state index in [0.717, 1.165) is 4.88 Å². The first-order valence-electron chi connectivity index (χ1n) is 7.39. The van der Waals surface area contributed by atoms with Crippen molar-refractivity contribution in [2.45, 2.75) is 0 Å². The van der Waals surface area contributed by atoms with Crippen molar-refractivity contribution in [3.8, 4) is 5.75 Å². The first-order valence-corrected chi connectivity index (χ1v) is 9.64. The van der Waals surface area contributed by atoms with Crippen LogP contribution in [-0.4, -0.2) is 23.9 Å². The van der Waals surface area contributed by atoms with Gasteiger partial charge in [-0.05, 0) is 35.7 Å². The Labute approximate surface area is 159 Å². The molecule has 2 heterocycles. The van der Waals surface area contributed by atoms with Gasteiger partial charge in [0.1, 0.15) is 11.4 Å². The molecule has 128 valence electrons. The third-order valence-electron chi connectivity index (χ3n) is 3.38. The smallest absolute Gasteiger partial charge is 0.283 e. The van der Waals surface area contributed by atoms with Gasteiger partial charge in [-0.3, -0.25) is 9.69 Å². The number of anilines is 1. The topological polar surface area (TPSA) is 41.9 Å². The average Bonchev–Trinajstić information content (AvgIpc) is 3.22. The standard InChI is InChI=1S/C18H15ClN2O2S2/c1-3-8-25-18-20-15(11-13-5-4-9-24-13)17(22)21(18)12-6-7-16(23-2)14(19)10-12/h3-7,9-11H,1,8H2,2H3. The number of halogens is 1. The fourth-order valence-electron chi connectivity index (χ4n) is 2.26. The van der Waals surface area contributed by atoms with Crippen molar-refractivity contribution >= 4 is 57.5 Å². The highest BCUT2D eigenvalue weighted by Crippen LogP contribution is 2.34. The lowest BCUT2D eigenvalue weighted by atomic mass is 10.2. The number of amidine groups is 1. The molecule has 1 aromatic carbocycles. The molecule has 7 heteroatoms. The first kappa shape index (κ1) is 17.8. The molecule has 2 aromatic rings. The summed E-state index contributed by atoms with van der Waals surface area (Å²) in [5.74, 6) is 1.03. The van der Waals surface area contributed by atoms with E-state index in [0.29, 0.717) is 33.1 Å². The number of carbonyl (C=O) groups excluding carboxylic acids is 1. The Bertz CT molecular complexity index is 860. The lowest BCUT2D eigenvalue weighted by Gasteiger charge is -2.18. The van der Waals surface area contributed by atoms with Crippen molar-refractivity contribution in [3.05, 3.63) is 64.0 Å². The molecule has 0 saturated heterocycles. The van der Waals surface area contributed by atoms with Crippen LogP contribution < -0.4 is 9.64 Å². The lowest BCUT2D eigenvalue weighted by molar-refractivity contribution is -0.113. The molecule has 4 nitrogen and oxygen atoms in total. The Morgan fingerprint density at radius 1 is 1.44 bits per heavy atom. The van der Waals surface area contributed by atoms with Crippen LogP contribution in [0.1, 0.15) is 4.88 Å². The van der Waals surface area contributed by atoms with Crippen LogP contribution in [0.25, 0.3) is 6.08 Å². The predicted molar refractivity (Wildman–Crippen MR) is 108 cm³/mol. The van der Waals surface area contributed by atoms with Crippen molar-refractivity contribution in [2.75, 3.05) is 17.8 Å². The summed E-state index contributed by atoms with van der Waals surface area (Å²) >= 11 is 9.23. The number of rotatable bonds is 5. The number of aliphatic imine (C=N–C) groups is 1. The second-order valence-corrected chi connectivity index (χ2v) is 7.37. The summed E-state index contributed by atoms with van der Waals surface area (Å²) in [5.41, 5.74) is 1.06. The predicted octanol–water partition coefficient (Wildman–Crippen LogP) is 5.07. The molecule has 1 amide bonds. The van der Waals surface area contributed by atoms with Crippen LogP contribution in [0.2, 0.25) is 5.02 Å². The number of carbonyl (C=O) groups is 1. The number of hydrogen-bond acceptors (Lipinski definition) is 5. The molecule has 0 atom stereocenters. The summed E-state index contributed by atoms with van der Waals surface area (Å²) in [7, 11) is 1.55. The monoisotopic (exact) mass is 390 g/mol. The molecular weight excluding hydrogens is 376 g/mol. The van der Waals surface area contributed by atoms with Crippen molar-refractivity contribution in [1.29, 1.82) is 0 Å². The maximum atomic E-state index is 12.9. The fourth-order valence-corrected chi connectivity index (χ4v) is 3.91. The minimum atomic E-state index is -0.179. The minimum absolute atomic E-state index is 0.179. The van der Waals surface area contributed by atoms with Gasteiger partial charge < -0.3 is 4.74 Å². The molecule has 0 spiro atoms. The molecular formula is C18H15ClN2O2S2. The van der Waals surface area contributed by atoms with E-state index in [1.807, 2.05) is 17.5 Å². The number of hydrogen-bond donors (Lipinski definition) is 0. The Morgan fingerprint density at radius 3 is 2.92 bits per heavy atom. The molecule has 1 aromatic heterocycles. The van der Waals surface area contributed by atoms with Crippen LogP contribution in [0, 0.1) is 0 Å². The van der Waals surface area contributed by atoms with Crippen LogP contribution in [0.15, 0.2) is 59.1 Å². The van der Waals surface area contributed by atoms with Crippen molar-refractivity contribution < 1.29 is 9.53 Å². The molecule has 25 heavy (non-hydrogen) atoms. The highest BCUT2D eigenvalue weighted by Gasteiger charge is 2.32. The normalized spacial score (nSPS) is 15.6. The second kappa shape index (κ2) is 7.91. The van der Waals surface area contributed by atoms with Crippen molar-refractivity contribution in [2.24, 2.45) is 4.99 Å². The van der Waals surface area contributed by atoms with Gasteiger partial charge in [-0.1, -0.05) is 35.5 Å². The number of thiophene rings is 1. The van der Waals surface area contributed by atoms with E-state index in [4.69, 9.17) is 16.3 Å². The molecule has 0 radical (unpaired) electrons. The zero-order chi connectivity index (χ0) is 17.8. The zero-order valence-corrected chi connectivity index (χ0v) is 15.8. The number of nitrogens with zero attached hydrogens (tertiary/aromatic N) is 2. The summed E-state index contributed by atoms with van der Waals surface area (Å²) in [6.45, 7) is 3.73. The third-order valence-corrected chi connectivity index (χ3v) is 5.42. The van der Waals surface area contributed by atoms with Crippen LogP contribution in [0.4, 0.5) is 5.69 Å². The summed E-state index contributed by atoms with van der Waals surface area (Å²) < 4.78 is 5.18. The summed E-state index contributed by atoms with van der Waals surface area (Å²) in [6.07, 6.45) is 3.57. The Balaban J connectivity index is 1.99. The summed E-state index contributed by atoms with van der Waals surface area (Å²) in [4.78, 5) is 20.0. The first-order chi connectivity index (χ1) is 12.1. The molecule has 3 rings (SSSR count). The summed E-state index contributed by atoms with van der Waals surface area (Å²) in [5, 5.41) is 3.01. The van der Waals surface area contributed by atoms with Gasteiger partial charge >= 0.3 is 0 Å². The third kappa shape index (κ3) is 3.81. The highest BCUT2D eigenvalue weighted by atomic mass is 35.5. The maximum Gasteiger partial charge on any atom is 0.283 e. The van der Waals surface area contributed by atoms with Gasteiger partial charge in [0.15, 0.2) is 5.17 Å². The van der Waals surface area contributed by atoms with Crippen LogP contribution >= 0.6 is 34.7 Å². The number of amides is 1. The number of methoxy groups -OCH3 is 1. The van der Waals surface area contributed by atoms with E-state index in [-0.39, 0.29) is 5.91 Å². The van der Waals surface area contributed by atoms with Crippen LogP contribution in [-0.2, 0) is 4.79 Å². The molecule has 0 saturated carbocycles. The molecule has 1 aliphatic rings. The van der Waals surface area contributed by atoms with Gasteiger partial charge in [-0.25, -0.2) is 4.99 Å². The largest absolute Gasteiger partial charge is 0.495 e. The maximum absolute atomic E-state index is 12.9. The summed E-state index contributed by atoms with van der Waals surface area (Å²) in [6, 6.07) is 9.12. The van der Waals surface area contributed by atoms with E-state index >= 15 is 0 Å². The van der Waals surface area contributed by atoms with E-state index in [1.165, 1.54) is 11.8 Å². The van der Waals surface area contributed by atoms with E-state index in [9.17, 15) is 4.79 Å². The lowest BCUT2D eigenvalue weighted by Crippen LogP contribution is -2.30. The Kier molecular flexibility index (Phi) is 5.63. The van der Waals surface area contributed by atoms with Crippen molar-refractivity contribution in [3.63, 3.8) is 0 Å². The Hall–Kier alpha value is -2.02. The molecule has 0 fully saturated rings. The van der Waals surface area contributed by atoms with Crippen LogP contribution in [0.3, 0.4) is 0 Å². The fraction of sp³-hybridized carbons (Fsp3) is 0.111. The van der Waals surface area contributed by atoms with Crippen molar-refractivity contribution in [1.82, 2.24) is 0 Å². The van der Waals surface area contributed by atoms with Gasteiger partial charge in [0.2, 0.25) is 0 Å². The van der Waals surface area contributed by atoms with Gasteiger partial charge in [0.25, 0.3) is 5.91 Å². The average molecular weight is 391 g/mol. The van der Waals surface area contributed by atoms with Crippen LogP contribution in [0.5, 0.6) is 5.75 Å². The van der Waals surface area contributed by atoms with E-state index < -0.39 is 0 Å². The second-order valence-electron chi connectivity index (χ2n) is 5.00. The van der Waals surface area contributed by atoms with Gasteiger partial charge in [0.05, 0.1) is 17.8 Å². The number of ether oxygens (including phenoxy) is 1. The highest BCUT2D eigenvalue weighted by molar-refractivity contribution is 8.14. The zero-order valence-electron chi connectivity index (χ0n) is 13.4. The SMILES string of the molecule is C=CCSC1=NC(=Cc2cccs2)C(=O)N1c1ccc(OC)c(Cl)c1. The Morgan fingerprint density at radius 2 is 2.28 bits per heavy atom. The molecule has 0 N–H and O–H groups in total. The van der Waals surface area contributed by atoms with Gasteiger partial charge in [-0.15, -0.1) is 17.9 Å². The minimum Gasteiger partial charge on any atom is -0.495 e. The van der Waals surface area contributed by atoms with Gasteiger partial charge in [0, 0.05) is 10.6 Å². The molecule has 1 aliphatic heterocycles. The molecule has 0 unspecified atom stereocenters. The number of thioether (sulfide) groups is 1. The van der Waals surface area contributed by atoms with Gasteiger partial charge in [-0.2, -0.15) is 0 Å². The molecule has 0 aliphatic carbocycles. The van der Waals surface area contributed by atoms with E-state index in [1.54, 1.807) is 53.7 Å². The number of benzene rings is 1.